The number of hydrogen-bond acceptors (Lipinski definition) is 3. The van der Waals surface area contributed by atoms with E-state index >= 15 is 0 Å². The summed E-state index contributed by atoms with van der Waals surface area (Å²) in [6.07, 6.45) is 0.427. The smallest absolute Gasteiger partial charge is 0.244 e. The van der Waals surface area contributed by atoms with E-state index in [1.807, 2.05) is 0 Å². The number of hydrazine groups is 1. The van der Waals surface area contributed by atoms with Crippen molar-refractivity contribution in [1.29, 1.82) is 0 Å². The third kappa shape index (κ3) is 1.17. The topological polar surface area (TPSA) is 58.4 Å². The standard InChI is InChI=1S/C4H7N3OS/c5-7-3(8)1-2-6-4(7)9/h1-2,5H2,(H,6,9). The molecule has 1 aliphatic rings. The highest BCUT2D eigenvalue weighted by molar-refractivity contribution is 7.80. The molecule has 50 valence electrons. The number of nitrogens with one attached hydrogen (secondary N) is 1. The van der Waals surface area contributed by atoms with E-state index < -0.39 is 0 Å². The zero-order valence-electron chi connectivity index (χ0n) is 4.76. The Morgan fingerprint density at radius 1 is 1.78 bits per heavy atom. The summed E-state index contributed by atoms with van der Waals surface area (Å²) in [6.45, 7) is 0.603. The van der Waals surface area contributed by atoms with E-state index in [1.54, 1.807) is 0 Å². The zero-order chi connectivity index (χ0) is 6.85. The van der Waals surface area contributed by atoms with Gasteiger partial charge in [0.1, 0.15) is 0 Å². The molecule has 0 aromatic heterocycles. The molecule has 1 aliphatic heterocycles. The zero-order valence-corrected chi connectivity index (χ0v) is 5.57. The van der Waals surface area contributed by atoms with Crippen LogP contribution in [0.1, 0.15) is 6.42 Å². The van der Waals surface area contributed by atoms with Gasteiger partial charge in [-0.05, 0) is 12.2 Å². The number of amides is 1. The molecule has 0 aromatic carbocycles. The highest BCUT2D eigenvalue weighted by Gasteiger charge is 2.18. The minimum absolute atomic E-state index is 0.126. The predicted molar refractivity (Wildman–Crippen MR) is 36.3 cm³/mol. The highest BCUT2D eigenvalue weighted by Crippen LogP contribution is 1.93. The minimum Gasteiger partial charge on any atom is -0.361 e. The lowest BCUT2D eigenvalue weighted by Crippen LogP contribution is -2.53. The summed E-state index contributed by atoms with van der Waals surface area (Å²) in [5.41, 5.74) is 0. The van der Waals surface area contributed by atoms with Crippen molar-refractivity contribution in [3.05, 3.63) is 0 Å². The van der Waals surface area contributed by atoms with Gasteiger partial charge in [-0.1, -0.05) is 0 Å². The van der Waals surface area contributed by atoms with Crippen LogP contribution in [0.15, 0.2) is 0 Å². The Balaban J connectivity index is 2.62. The molecule has 0 aliphatic carbocycles. The number of carbonyl (C=O) groups excluding carboxylic acids is 1. The molecule has 0 spiro atoms. The molecule has 0 unspecified atom stereocenters. The lowest BCUT2D eigenvalue weighted by atomic mass is 10.3. The van der Waals surface area contributed by atoms with Gasteiger partial charge in [-0.25, -0.2) is 10.9 Å². The first-order valence-electron chi connectivity index (χ1n) is 2.57. The quantitative estimate of drug-likeness (QED) is 0.260. The first-order chi connectivity index (χ1) is 4.22. The van der Waals surface area contributed by atoms with E-state index in [-0.39, 0.29) is 5.91 Å². The molecule has 3 N–H and O–H groups in total. The van der Waals surface area contributed by atoms with Crippen molar-refractivity contribution in [1.82, 2.24) is 10.3 Å². The van der Waals surface area contributed by atoms with Crippen LogP contribution in [0.4, 0.5) is 0 Å². The van der Waals surface area contributed by atoms with Gasteiger partial charge in [0, 0.05) is 13.0 Å². The van der Waals surface area contributed by atoms with Crippen molar-refractivity contribution in [2.45, 2.75) is 6.42 Å². The van der Waals surface area contributed by atoms with Gasteiger partial charge in [0.2, 0.25) is 5.91 Å². The van der Waals surface area contributed by atoms with Crippen molar-refractivity contribution in [2.75, 3.05) is 6.54 Å². The molecule has 9 heavy (non-hydrogen) atoms. The molecular formula is C4H7N3OS. The summed E-state index contributed by atoms with van der Waals surface area (Å²) < 4.78 is 0. The maximum absolute atomic E-state index is 10.7. The summed E-state index contributed by atoms with van der Waals surface area (Å²) in [5, 5.41) is 4.04. The Labute approximate surface area is 58.0 Å². The normalized spacial score (nSPS) is 19.9. The Kier molecular flexibility index (Phi) is 1.63. The Bertz CT molecular complexity index is 142. The van der Waals surface area contributed by atoms with Gasteiger partial charge in [0.25, 0.3) is 0 Å². The third-order valence-electron chi connectivity index (χ3n) is 1.10. The summed E-state index contributed by atoms with van der Waals surface area (Å²) in [7, 11) is 0. The van der Waals surface area contributed by atoms with Gasteiger partial charge in [-0.3, -0.25) is 4.79 Å². The van der Waals surface area contributed by atoms with Crippen LogP contribution in [0.3, 0.4) is 0 Å². The van der Waals surface area contributed by atoms with Crippen LogP contribution in [-0.2, 0) is 4.79 Å². The molecule has 1 amide bonds. The first-order valence-corrected chi connectivity index (χ1v) is 2.98. The van der Waals surface area contributed by atoms with Crippen molar-refractivity contribution in [3.63, 3.8) is 0 Å². The van der Waals surface area contributed by atoms with Crippen LogP contribution in [0.2, 0.25) is 0 Å². The van der Waals surface area contributed by atoms with Crippen LogP contribution in [-0.4, -0.2) is 22.6 Å². The number of nitrogens with two attached hydrogens (primary N) is 1. The van der Waals surface area contributed by atoms with E-state index in [0.29, 0.717) is 18.1 Å². The number of hydrogen-bond donors (Lipinski definition) is 2. The fourth-order valence-corrected chi connectivity index (χ4v) is 0.799. The summed E-state index contributed by atoms with van der Waals surface area (Å²) in [5.74, 6) is 5.08. The Hall–Kier alpha value is -0.680. The van der Waals surface area contributed by atoms with Crippen LogP contribution < -0.4 is 11.2 Å². The fraction of sp³-hybridized carbons (Fsp3) is 0.500. The van der Waals surface area contributed by atoms with Gasteiger partial charge in [-0.2, -0.15) is 0 Å². The van der Waals surface area contributed by atoms with Gasteiger partial charge in [-0.15, -0.1) is 0 Å². The number of nitrogens with zero attached hydrogens (tertiary/aromatic N) is 1. The summed E-state index contributed by atoms with van der Waals surface area (Å²) >= 11 is 4.67. The second-order valence-corrected chi connectivity index (χ2v) is 2.13. The lowest BCUT2D eigenvalue weighted by Gasteiger charge is -2.22. The van der Waals surface area contributed by atoms with E-state index in [4.69, 9.17) is 5.84 Å². The van der Waals surface area contributed by atoms with Crippen molar-refractivity contribution < 1.29 is 4.79 Å². The van der Waals surface area contributed by atoms with Crippen molar-refractivity contribution >= 4 is 23.2 Å². The SMILES string of the molecule is NN1C(=O)CCNC1=S. The minimum atomic E-state index is -0.126. The Morgan fingerprint density at radius 2 is 2.44 bits per heavy atom. The molecule has 1 saturated heterocycles. The highest BCUT2D eigenvalue weighted by atomic mass is 32.1. The van der Waals surface area contributed by atoms with E-state index in [1.165, 1.54) is 0 Å². The molecule has 0 radical (unpaired) electrons. The van der Waals surface area contributed by atoms with Crippen molar-refractivity contribution in [2.24, 2.45) is 5.84 Å². The van der Waals surface area contributed by atoms with Crippen LogP contribution in [0.5, 0.6) is 0 Å². The van der Waals surface area contributed by atoms with E-state index in [2.05, 4.69) is 17.5 Å². The molecule has 1 fully saturated rings. The average Bonchev–Trinajstić information content (AvgIpc) is 1.83. The van der Waals surface area contributed by atoms with Gasteiger partial charge in [0.05, 0.1) is 0 Å². The van der Waals surface area contributed by atoms with Crippen LogP contribution in [0, 0.1) is 0 Å². The van der Waals surface area contributed by atoms with Crippen LogP contribution >= 0.6 is 12.2 Å². The maximum Gasteiger partial charge on any atom is 0.244 e. The molecule has 1 heterocycles. The van der Waals surface area contributed by atoms with Crippen molar-refractivity contribution in [3.8, 4) is 0 Å². The number of thiocarbonyl (C=S) groups is 1. The molecule has 4 nitrogen and oxygen atoms in total. The Morgan fingerprint density at radius 3 is 2.89 bits per heavy atom. The van der Waals surface area contributed by atoms with E-state index in [9.17, 15) is 4.79 Å². The summed E-state index contributed by atoms with van der Waals surface area (Å²) in [6, 6.07) is 0. The monoisotopic (exact) mass is 145 g/mol. The molecule has 5 heteroatoms. The predicted octanol–water partition coefficient (Wildman–Crippen LogP) is -1.03. The van der Waals surface area contributed by atoms with Gasteiger partial charge < -0.3 is 5.32 Å². The number of rotatable bonds is 0. The van der Waals surface area contributed by atoms with Crippen LogP contribution in [0.25, 0.3) is 0 Å². The molecule has 0 atom stereocenters. The third-order valence-corrected chi connectivity index (χ3v) is 1.44. The number of carbonyl (C=O) groups is 1. The first kappa shape index (κ1) is 6.44. The fourth-order valence-electron chi connectivity index (χ4n) is 0.595. The van der Waals surface area contributed by atoms with Gasteiger partial charge in [0.15, 0.2) is 5.11 Å². The van der Waals surface area contributed by atoms with Gasteiger partial charge >= 0.3 is 0 Å². The maximum atomic E-state index is 10.7. The second kappa shape index (κ2) is 2.28. The largest absolute Gasteiger partial charge is 0.361 e. The summed E-state index contributed by atoms with van der Waals surface area (Å²) in [4.78, 5) is 10.7. The molecule has 0 aromatic rings. The molecular weight excluding hydrogens is 138 g/mol. The lowest BCUT2D eigenvalue weighted by molar-refractivity contribution is -0.128. The second-order valence-electron chi connectivity index (χ2n) is 1.75. The average molecular weight is 145 g/mol. The van der Waals surface area contributed by atoms with E-state index in [0.717, 1.165) is 5.01 Å². The molecule has 0 bridgehead atoms. The molecule has 0 saturated carbocycles. The molecule has 1 rings (SSSR count).